The summed E-state index contributed by atoms with van der Waals surface area (Å²) >= 11 is 0. The van der Waals surface area contributed by atoms with E-state index in [9.17, 15) is 4.79 Å². The van der Waals surface area contributed by atoms with Crippen molar-refractivity contribution < 1.29 is 4.79 Å². The molecule has 1 atom stereocenters. The number of rotatable bonds is 1. The maximum Gasteiger partial charge on any atom is 0.320 e. The summed E-state index contributed by atoms with van der Waals surface area (Å²) in [5.74, 6) is 0. The standard InChI is InChI=1S/C12H23N3O/c1-13-7-5-6-11(10-13)14(2)12(16)15-8-3-4-9-15/h11H,3-10H2,1-2H3. The highest BCUT2D eigenvalue weighted by Gasteiger charge is 2.28. The fourth-order valence-corrected chi connectivity index (χ4v) is 2.74. The number of piperidine rings is 1. The highest BCUT2D eigenvalue weighted by Crippen LogP contribution is 2.17. The predicted octanol–water partition coefficient (Wildman–Crippen LogP) is 1.23. The molecule has 2 fully saturated rings. The molecule has 2 rings (SSSR count). The van der Waals surface area contributed by atoms with Gasteiger partial charge in [0.05, 0.1) is 0 Å². The minimum atomic E-state index is 0.234. The molecule has 0 aliphatic carbocycles. The zero-order chi connectivity index (χ0) is 11.5. The normalized spacial score (nSPS) is 27.1. The van der Waals surface area contributed by atoms with Gasteiger partial charge in [0, 0.05) is 32.7 Å². The minimum absolute atomic E-state index is 0.234. The van der Waals surface area contributed by atoms with Crippen molar-refractivity contribution in [2.24, 2.45) is 0 Å². The first-order chi connectivity index (χ1) is 7.68. The summed E-state index contributed by atoms with van der Waals surface area (Å²) in [6.45, 7) is 4.09. The van der Waals surface area contributed by atoms with Gasteiger partial charge in [0.15, 0.2) is 0 Å². The molecule has 2 aliphatic rings. The molecule has 0 radical (unpaired) electrons. The van der Waals surface area contributed by atoms with E-state index in [1.807, 2.05) is 16.8 Å². The monoisotopic (exact) mass is 225 g/mol. The molecule has 0 spiro atoms. The van der Waals surface area contributed by atoms with E-state index in [4.69, 9.17) is 0 Å². The minimum Gasteiger partial charge on any atom is -0.325 e. The van der Waals surface area contributed by atoms with Crippen molar-refractivity contribution in [2.75, 3.05) is 40.3 Å². The van der Waals surface area contributed by atoms with Crippen molar-refractivity contribution in [1.29, 1.82) is 0 Å². The molecule has 2 aliphatic heterocycles. The predicted molar refractivity (Wildman–Crippen MR) is 64.5 cm³/mol. The number of likely N-dealkylation sites (N-methyl/N-ethyl adjacent to an activating group) is 2. The van der Waals surface area contributed by atoms with Crippen LogP contribution in [0.4, 0.5) is 4.79 Å². The van der Waals surface area contributed by atoms with Gasteiger partial charge in [0.1, 0.15) is 0 Å². The van der Waals surface area contributed by atoms with Gasteiger partial charge in [-0.25, -0.2) is 4.79 Å². The largest absolute Gasteiger partial charge is 0.325 e. The number of hydrogen-bond donors (Lipinski definition) is 0. The second kappa shape index (κ2) is 5.04. The second-order valence-electron chi connectivity index (χ2n) is 5.15. The Hall–Kier alpha value is -0.770. The average Bonchev–Trinajstić information content (AvgIpc) is 2.80. The molecule has 2 amide bonds. The molecule has 0 aromatic rings. The summed E-state index contributed by atoms with van der Waals surface area (Å²) in [7, 11) is 4.10. The smallest absolute Gasteiger partial charge is 0.320 e. The maximum absolute atomic E-state index is 12.2. The summed E-state index contributed by atoms with van der Waals surface area (Å²) in [5, 5.41) is 0. The van der Waals surface area contributed by atoms with Crippen molar-refractivity contribution >= 4 is 6.03 Å². The lowest BCUT2D eigenvalue weighted by Gasteiger charge is -2.37. The van der Waals surface area contributed by atoms with Crippen LogP contribution in [0.5, 0.6) is 0 Å². The Morgan fingerprint density at radius 2 is 1.88 bits per heavy atom. The Morgan fingerprint density at radius 3 is 2.50 bits per heavy atom. The first-order valence-electron chi connectivity index (χ1n) is 6.39. The molecule has 4 heteroatoms. The third-order valence-electron chi connectivity index (χ3n) is 3.83. The third-order valence-corrected chi connectivity index (χ3v) is 3.83. The van der Waals surface area contributed by atoms with Crippen molar-refractivity contribution in [2.45, 2.75) is 31.7 Å². The first-order valence-corrected chi connectivity index (χ1v) is 6.39. The molecule has 0 aromatic carbocycles. The van der Waals surface area contributed by atoms with Crippen molar-refractivity contribution in [1.82, 2.24) is 14.7 Å². The van der Waals surface area contributed by atoms with Crippen LogP contribution in [0.25, 0.3) is 0 Å². The van der Waals surface area contributed by atoms with E-state index >= 15 is 0 Å². The third kappa shape index (κ3) is 2.48. The summed E-state index contributed by atoms with van der Waals surface area (Å²) < 4.78 is 0. The molecule has 0 aromatic heterocycles. The maximum atomic E-state index is 12.2. The number of urea groups is 1. The number of amides is 2. The molecular formula is C12H23N3O. The molecule has 2 saturated heterocycles. The van der Waals surface area contributed by atoms with Crippen LogP contribution in [0.15, 0.2) is 0 Å². The highest BCUT2D eigenvalue weighted by atomic mass is 16.2. The van der Waals surface area contributed by atoms with Gasteiger partial charge in [-0.15, -0.1) is 0 Å². The van der Waals surface area contributed by atoms with Crippen LogP contribution < -0.4 is 0 Å². The lowest BCUT2D eigenvalue weighted by atomic mass is 10.1. The molecule has 2 heterocycles. The van der Waals surface area contributed by atoms with E-state index in [0.717, 1.165) is 26.1 Å². The Bertz CT molecular complexity index is 251. The van der Waals surface area contributed by atoms with E-state index in [-0.39, 0.29) is 6.03 Å². The average molecular weight is 225 g/mol. The van der Waals surface area contributed by atoms with Gasteiger partial charge >= 0.3 is 6.03 Å². The second-order valence-corrected chi connectivity index (χ2v) is 5.15. The van der Waals surface area contributed by atoms with Crippen LogP contribution >= 0.6 is 0 Å². The van der Waals surface area contributed by atoms with Gasteiger partial charge in [-0.05, 0) is 39.3 Å². The van der Waals surface area contributed by atoms with Crippen molar-refractivity contribution in [3.8, 4) is 0 Å². The zero-order valence-corrected chi connectivity index (χ0v) is 10.5. The Balaban J connectivity index is 1.89. The molecule has 0 N–H and O–H groups in total. The molecule has 16 heavy (non-hydrogen) atoms. The molecular weight excluding hydrogens is 202 g/mol. The van der Waals surface area contributed by atoms with Gasteiger partial charge in [-0.2, -0.15) is 0 Å². The SMILES string of the molecule is CN1CCCC(N(C)C(=O)N2CCCC2)C1. The summed E-state index contributed by atoms with van der Waals surface area (Å²) in [6.07, 6.45) is 4.70. The van der Waals surface area contributed by atoms with E-state index in [1.54, 1.807) is 0 Å². The van der Waals surface area contributed by atoms with Crippen LogP contribution in [0, 0.1) is 0 Å². The van der Waals surface area contributed by atoms with E-state index in [0.29, 0.717) is 6.04 Å². The number of nitrogens with zero attached hydrogens (tertiary/aromatic N) is 3. The number of likely N-dealkylation sites (tertiary alicyclic amines) is 2. The van der Waals surface area contributed by atoms with Crippen LogP contribution in [0.1, 0.15) is 25.7 Å². The van der Waals surface area contributed by atoms with E-state index in [2.05, 4.69) is 11.9 Å². The van der Waals surface area contributed by atoms with Gasteiger partial charge in [0.2, 0.25) is 0 Å². The van der Waals surface area contributed by atoms with Crippen LogP contribution in [-0.4, -0.2) is 67.0 Å². The first kappa shape index (κ1) is 11.7. The summed E-state index contributed by atoms with van der Waals surface area (Å²) in [4.78, 5) is 18.5. The molecule has 4 nitrogen and oxygen atoms in total. The van der Waals surface area contributed by atoms with Gasteiger partial charge in [0.25, 0.3) is 0 Å². The highest BCUT2D eigenvalue weighted by molar-refractivity contribution is 5.74. The topological polar surface area (TPSA) is 26.8 Å². The Labute approximate surface area is 98.2 Å². The number of carbonyl (C=O) groups is 1. The summed E-state index contributed by atoms with van der Waals surface area (Å²) in [5.41, 5.74) is 0. The quantitative estimate of drug-likeness (QED) is 0.671. The Morgan fingerprint density at radius 1 is 1.19 bits per heavy atom. The molecule has 0 saturated carbocycles. The molecule has 92 valence electrons. The van der Waals surface area contributed by atoms with E-state index < -0.39 is 0 Å². The summed E-state index contributed by atoms with van der Waals surface area (Å²) in [6, 6.07) is 0.643. The van der Waals surface area contributed by atoms with Crippen molar-refractivity contribution in [3.63, 3.8) is 0 Å². The fourth-order valence-electron chi connectivity index (χ4n) is 2.74. The van der Waals surface area contributed by atoms with Gasteiger partial charge < -0.3 is 14.7 Å². The number of carbonyl (C=O) groups excluding carboxylic acids is 1. The molecule has 1 unspecified atom stereocenters. The van der Waals surface area contributed by atoms with Crippen LogP contribution in [-0.2, 0) is 0 Å². The number of hydrogen-bond acceptors (Lipinski definition) is 2. The van der Waals surface area contributed by atoms with E-state index in [1.165, 1.54) is 25.8 Å². The van der Waals surface area contributed by atoms with Gasteiger partial charge in [-0.1, -0.05) is 0 Å². The fraction of sp³-hybridized carbons (Fsp3) is 0.917. The van der Waals surface area contributed by atoms with Gasteiger partial charge in [-0.3, -0.25) is 0 Å². The molecule has 0 bridgehead atoms. The Kier molecular flexibility index (Phi) is 3.69. The lowest BCUT2D eigenvalue weighted by molar-refractivity contribution is 0.120. The van der Waals surface area contributed by atoms with Crippen molar-refractivity contribution in [3.05, 3.63) is 0 Å². The van der Waals surface area contributed by atoms with Crippen LogP contribution in [0.2, 0.25) is 0 Å². The van der Waals surface area contributed by atoms with Crippen LogP contribution in [0.3, 0.4) is 0 Å². The lowest BCUT2D eigenvalue weighted by Crippen LogP contribution is -2.51. The zero-order valence-electron chi connectivity index (χ0n) is 10.5.